The molecule has 0 saturated heterocycles. The molecule has 4 aromatic carbocycles. The molecule has 1 aliphatic carbocycles. The SMILES string of the molecule is O[13C@@H]1[13C@@H](O)[13C@@H](O)c2c(cc3ccc4cccc5ccc2c3c45)[13C@H]1O. The molecule has 0 aromatic heterocycles. The number of aliphatic hydroxyl groups is 4. The van der Waals surface area contributed by atoms with Crippen LogP contribution in [-0.4, -0.2) is 32.6 Å². The fourth-order valence-corrected chi connectivity index (χ4v) is 4.16. The highest BCUT2D eigenvalue weighted by molar-refractivity contribution is 6.23. The lowest BCUT2D eigenvalue weighted by atomic mass is 9.91. The molecule has 4 heteroatoms. The second-order valence-electron chi connectivity index (χ2n) is 6.61. The molecule has 0 amide bonds. The molecular weight excluding hydrogens is 308 g/mol. The predicted octanol–water partition coefficient (Wildman–Crippen LogP) is 2.39. The van der Waals surface area contributed by atoms with Gasteiger partial charge >= 0.3 is 0 Å². The van der Waals surface area contributed by atoms with Crippen LogP contribution in [0.5, 0.6) is 0 Å². The lowest BCUT2D eigenvalue weighted by Crippen LogP contribution is -2.41. The molecule has 0 fully saturated rings. The van der Waals surface area contributed by atoms with E-state index in [1.807, 2.05) is 48.5 Å². The van der Waals surface area contributed by atoms with E-state index in [2.05, 4.69) is 0 Å². The first-order valence-corrected chi connectivity index (χ1v) is 8.00. The van der Waals surface area contributed by atoms with Crippen LogP contribution >= 0.6 is 0 Å². The van der Waals surface area contributed by atoms with Crippen LogP contribution in [0.25, 0.3) is 32.3 Å². The number of fused-ring (bicyclic) bond motifs is 2. The molecule has 0 radical (unpaired) electrons. The first kappa shape index (κ1) is 14.1. The molecule has 4 atom stereocenters. The van der Waals surface area contributed by atoms with E-state index in [4.69, 9.17) is 0 Å². The van der Waals surface area contributed by atoms with Crippen LogP contribution < -0.4 is 0 Å². The van der Waals surface area contributed by atoms with E-state index in [-0.39, 0.29) is 0 Å². The third-order valence-electron chi connectivity index (χ3n) is 5.33. The van der Waals surface area contributed by atoms with E-state index in [1.54, 1.807) is 0 Å². The number of rotatable bonds is 0. The topological polar surface area (TPSA) is 80.9 Å². The molecule has 4 nitrogen and oxygen atoms in total. The average molecular weight is 324 g/mol. The van der Waals surface area contributed by atoms with Crippen molar-refractivity contribution >= 4 is 32.3 Å². The summed E-state index contributed by atoms with van der Waals surface area (Å²) in [6.07, 6.45) is -5.27. The minimum atomic E-state index is -1.41. The van der Waals surface area contributed by atoms with E-state index >= 15 is 0 Å². The van der Waals surface area contributed by atoms with Gasteiger partial charge in [-0.1, -0.05) is 42.5 Å². The zero-order valence-corrected chi connectivity index (χ0v) is 12.7. The van der Waals surface area contributed by atoms with Crippen molar-refractivity contribution in [2.75, 3.05) is 0 Å². The summed E-state index contributed by atoms with van der Waals surface area (Å²) in [4.78, 5) is 0. The highest BCUT2D eigenvalue weighted by Crippen LogP contribution is 2.45. The first-order chi connectivity index (χ1) is 11.6. The van der Waals surface area contributed by atoms with Gasteiger partial charge in [0.1, 0.15) is 24.4 Å². The normalized spacial score (nSPS) is 27.2. The van der Waals surface area contributed by atoms with Gasteiger partial charge in [0, 0.05) is 0 Å². The number of benzene rings is 4. The molecule has 120 valence electrons. The molecule has 0 bridgehead atoms. The van der Waals surface area contributed by atoms with Crippen molar-refractivity contribution in [1.29, 1.82) is 0 Å². The monoisotopic (exact) mass is 324 g/mol. The van der Waals surface area contributed by atoms with Gasteiger partial charge in [-0.05, 0) is 49.5 Å². The molecular formula is C20H16O4. The molecule has 1 aliphatic rings. The van der Waals surface area contributed by atoms with Crippen LogP contribution in [0.4, 0.5) is 0 Å². The van der Waals surface area contributed by atoms with Gasteiger partial charge in [0.05, 0.1) is 0 Å². The summed E-state index contributed by atoms with van der Waals surface area (Å²) in [7, 11) is 0. The van der Waals surface area contributed by atoms with Gasteiger partial charge < -0.3 is 20.4 Å². The summed E-state index contributed by atoms with van der Waals surface area (Å²) in [5.41, 5.74) is 0.984. The Morgan fingerprint density at radius 1 is 0.625 bits per heavy atom. The number of aliphatic hydroxyl groups excluding tert-OH is 4. The maximum absolute atomic E-state index is 10.5. The Kier molecular flexibility index (Phi) is 2.74. The Bertz CT molecular complexity index is 1070. The first-order valence-electron chi connectivity index (χ1n) is 8.00. The van der Waals surface area contributed by atoms with Gasteiger partial charge in [0.15, 0.2) is 0 Å². The maximum atomic E-state index is 10.5. The van der Waals surface area contributed by atoms with Gasteiger partial charge in [0.2, 0.25) is 0 Å². The van der Waals surface area contributed by atoms with Crippen molar-refractivity contribution in [3.05, 3.63) is 59.7 Å². The second-order valence-corrected chi connectivity index (χ2v) is 6.61. The van der Waals surface area contributed by atoms with Crippen molar-refractivity contribution < 1.29 is 20.4 Å². The third kappa shape index (κ3) is 1.61. The second kappa shape index (κ2) is 4.65. The van der Waals surface area contributed by atoms with E-state index in [0.29, 0.717) is 11.1 Å². The van der Waals surface area contributed by atoms with Crippen molar-refractivity contribution in [1.82, 2.24) is 0 Å². The summed E-state index contributed by atoms with van der Waals surface area (Å²) in [5, 5.41) is 47.1. The quantitative estimate of drug-likeness (QED) is 0.296. The Labute approximate surface area is 137 Å². The minimum Gasteiger partial charge on any atom is -0.387 e. The summed E-state index contributed by atoms with van der Waals surface area (Å²) >= 11 is 0. The average Bonchev–Trinajstić information content (AvgIpc) is 2.62. The van der Waals surface area contributed by atoms with Crippen LogP contribution in [0.1, 0.15) is 23.3 Å². The molecule has 0 spiro atoms. The van der Waals surface area contributed by atoms with E-state index in [0.717, 1.165) is 32.3 Å². The Morgan fingerprint density at radius 2 is 1.25 bits per heavy atom. The van der Waals surface area contributed by atoms with E-state index in [9.17, 15) is 20.4 Å². The summed E-state index contributed by atoms with van der Waals surface area (Å²) in [6, 6.07) is 15.8. The zero-order valence-electron chi connectivity index (χ0n) is 12.7. The highest BCUT2D eigenvalue weighted by Gasteiger charge is 2.41. The van der Waals surface area contributed by atoms with Crippen molar-refractivity contribution in [3.63, 3.8) is 0 Å². The summed E-state index contributed by atoms with van der Waals surface area (Å²) < 4.78 is 0. The van der Waals surface area contributed by atoms with Crippen LogP contribution in [0.2, 0.25) is 0 Å². The molecule has 4 aromatic rings. The number of hydrogen-bond acceptors (Lipinski definition) is 4. The Balaban J connectivity index is 2.01. The highest BCUT2D eigenvalue weighted by atomic mass is 16.5. The van der Waals surface area contributed by atoms with Gasteiger partial charge in [-0.3, -0.25) is 0 Å². The fraction of sp³-hybridized carbons (Fsp3) is 0.200. The van der Waals surface area contributed by atoms with Crippen LogP contribution in [0, 0.1) is 0 Å². The molecule has 4 N–H and O–H groups in total. The Morgan fingerprint density at radius 3 is 2.00 bits per heavy atom. The Hall–Kier alpha value is -2.24. The van der Waals surface area contributed by atoms with Gasteiger partial charge in [-0.25, -0.2) is 0 Å². The van der Waals surface area contributed by atoms with Crippen LogP contribution in [-0.2, 0) is 0 Å². The lowest BCUT2D eigenvalue weighted by molar-refractivity contribution is -0.119. The zero-order chi connectivity index (χ0) is 16.6. The standard InChI is InChI=1S/C20H16O4/c21-17-13-8-11-5-4-9-2-1-3-10-6-7-12(15(11)14(9)10)16(13)18(22)20(24)19(17)23/h1-8,17-24H/t17-,18+,19+,20+/m1/s1/i17+1,18+1,19+1,20+1. The molecule has 0 unspecified atom stereocenters. The molecule has 0 heterocycles. The van der Waals surface area contributed by atoms with E-state index < -0.39 is 24.4 Å². The minimum absolute atomic E-state index is 0.478. The van der Waals surface area contributed by atoms with E-state index in [1.165, 1.54) is 0 Å². The van der Waals surface area contributed by atoms with Gasteiger partial charge in [-0.15, -0.1) is 0 Å². The van der Waals surface area contributed by atoms with Crippen LogP contribution in [0.3, 0.4) is 0 Å². The summed E-state index contributed by atoms with van der Waals surface area (Å²) in [5.74, 6) is 0. The summed E-state index contributed by atoms with van der Waals surface area (Å²) in [6.45, 7) is 0. The molecule has 5 rings (SSSR count). The fourth-order valence-electron chi connectivity index (χ4n) is 4.16. The largest absolute Gasteiger partial charge is 0.387 e. The number of hydrogen-bond donors (Lipinski definition) is 4. The van der Waals surface area contributed by atoms with Crippen molar-refractivity contribution in [2.24, 2.45) is 0 Å². The predicted molar refractivity (Wildman–Crippen MR) is 92.1 cm³/mol. The molecule has 0 saturated carbocycles. The van der Waals surface area contributed by atoms with Crippen LogP contribution in [0.15, 0.2) is 48.5 Å². The van der Waals surface area contributed by atoms with Gasteiger partial charge in [0.25, 0.3) is 0 Å². The molecule has 24 heavy (non-hydrogen) atoms. The lowest BCUT2D eigenvalue weighted by Gasteiger charge is -2.35. The molecule has 0 aliphatic heterocycles. The van der Waals surface area contributed by atoms with Gasteiger partial charge in [-0.2, -0.15) is 0 Å². The van der Waals surface area contributed by atoms with Crippen molar-refractivity contribution in [2.45, 2.75) is 24.4 Å². The smallest absolute Gasteiger partial charge is 0.113 e. The maximum Gasteiger partial charge on any atom is 0.113 e. The third-order valence-corrected chi connectivity index (χ3v) is 5.33. The van der Waals surface area contributed by atoms with Crippen molar-refractivity contribution in [3.8, 4) is 0 Å².